The van der Waals surface area contributed by atoms with Crippen molar-refractivity contribution in [2.75, 3.05) is 13.2 Å². The highest BCUT2D eigenvalue weighted by Gasteiger charge is 2.69. The van der Waals surface area contributed by atoms with E-state index in [0.29, 0.717) is 48.3 Å². The maximum atomic E-state index is 11.1. The monoisotopic (exact) mass is 708 g/mol. The maximum Gasteiger partial charge on any atom is 0.187 e. The van der Waals surface area contributed by atoms with Gasteiger partial charge in [0.25, 0.3) is 0 Å². The lowest BCUT2D eigenvalue weighted by atomic mass is 9.46. The van der Waals surface area contributed by atoms with Crippen molar-refractivity contribution in [3.05, 3.63) is 11.6 Å². The Hall–Kier alpha value is -0.740. The van der Waals surface area contributed by atoms with Crippen LogP contribution in [0.15, 0.2) is 11.6 Å². The van der Waals surface area contributed by atoms with Crippen molar-refractivity contribution in [1.82, 2.24) is 0 Å². The van der Waals surface area contributed by atoms with Gasteiger partial charge in [0.2, 0.25) is 0 Å². The molecule has 8 rings (SSSR count). The molecule has 4 aliphatic carbocycles. The van der Waals surface area contributed by atoms with Gasteiger partial charge in [-0.25, -0.2) is 0 Å². The van der Waals surface area contributed by atoms with Crippen molar-refractivity contribution in [3.8, 4) is 0 Å². The summed E-state index contributed by atoms with van der Waals surface area (Å²) >= 11 is 0. The first-order chi connectivity index (χ1) is 23.7. The SMILES string of the molecule is C[C@H]1CC[C@]2(OC1)O[C@@H]1C[C@H]3[C@H]4CC=C5C[C@@H](O)C[C@@H](O[C@H]6OC[C@H](O)[C@@H](O)[C@@H]6O[C@H]6O[C@@H](C)[C@H](O)[C@@H](O)[C@@H]6O)[C@]5(C)[C@H]4CC[C@@]3(C)[C@@H]1[C@@H]2C. The van der Waals surface area contributed by atoms with E-state index in [1.165, 1.54) is 5.57 Å². The van der Waals surface area contributed by atoms with Gasteiger partial charge >= 0.3 is 0 Å². The molecule has 0 unspecified atom stereocenters. The Morgan fingerprint density at radius 2 is 1.60 bits per heavy atom. The smallest absolute Gasteiger partial charge is 0.187 e. The maximum absolute atomic E-state index is 11.1. The molecular weight excluding hydrogens is 648 g/mol. The van der Waals surface area contributed by atoms with Crippen LogP contribution in [0.1, 0.15) is 86.0 Å². The second-order valence-electron chi connectivity index (χ2n) is 17.9. The number of fused-ring (bicyclic) bond motifs is 7. The standard InChI is InChI=1S/C38H60O12/c1-17-8-11-38(46-15-17)18(2)28-26(50-38)14-24-22-7-6-20-12-21(39)13-27(37(20,5)23(22)9-10-36(24,28)4)48-35-33(30(42)25(40)16-45-35)49-34-32(44)31(43)29(41)19(3)47-34/h6,17-19,21-35,39-44H,7-16H2,1-5H3/t17-,18-,19-,21+,22-,23-,24-,25-,26+,27+,28+,29-,30+,31+,32-,33-,34+,35+,36+,37-,38-/m0/s1. The van der Waals surface area contributed by atoms with Crippen molar-refractivity contribution < 1.29 is 59.1 Å². The van der Waals surface area contributed by atoms with Crippen LogP contribution in [0.25, 0.3) is 0 Å². The minimum absolute atomic E-state index is 0.134. The zero-order valence-electron chi connectivity index (χ0n) is 30.2. The molecule has 284 valence electrons. The Morgan fingerprint density at radius 1 is 0.820 bits per heavy atom. The van der Waals surface area contributed by atoms with Crippen LogP contribution in [0, 0.1) is 46.3 Å². The van der Waals surface area contributed by atoms with Crippen LogP contribution >= 0.6 is 0 Å². The number of aliphatic hydroxyl groups is 6. The number of aliphatic hydroxyl groups excluding tert-OH is 6. The number of allylic oxidation sites excluding steroid dienone is 1. The zero-order chi connectivity index (χ0) is 35.5. The van der Waals surface area contributed by atoms with E-state index in [0.717, 1.165) is 45.1 Å². The Labute approximate surface area is 295 Å². The lowest BCUT2D eigenvalue weighted by molar-refractivity contribution is -0.362. The number of hydrogen-bond acceptors (Lipinski definition) is 12. The molecule has 1 spiro atoms. The van der Waals surface area contributed by atoms with E-state index >= 15 is 0 Å². The molecule has 50 heavy (non-hydrogen) atoms. The van der Waals surface area contributed by atoms with Crippen molar-refractivity contribution in [2.45, 2.75) is 165 Å². The van der Waals surface area contributed by atoms with Gasteiger partial charge in [0.05, 0.1) is 37.6 Å². The van der Waals surface area contributed by atoms with Gasteiger partial charge in [0, 0.05) is 24.2 Å². The molecule has 3 saturated carbocycles. The minimum Gasteiger partial charge on any atom is -0.393 e. The molecular formula is C38H60O12. The predicted octanol–water partition coefficient (Wildman–Crippen LogP) is 2.00. The normalized spacial score (nSPS) is 59.3. The van der Waals surface area contributed by atoms with E-state index in [-0.39, 0.29) is 18.1 Å². The second-order valence-corrected chi connectivity index (χ2v) is 17.9. The van der Waals surface area contributed by atoms with Crippen LogP contribution in [-0.4, -0.2) is 123 Å². The molecule has 4 heterocycles. The Kier molecular flexibility index (Phi) is 9.38. The van der Waals surface area contributed by atoms with Gasteiger partial charge in [0.15, 0.2) is 18.4 Å². The second kappa shape index (κ2) is 12.9. The average Bonchev–Trinajstić information content (AvgIpc) is 3.53. The largest absolute Gasteiger partial charge is 0.393 e. The van der Waals surface area contributed by atoms with Crippen LogP contribution in [0.4, 0.5) is 0 Å². The molecule has 4 aliphatic heterocycles. The lowest BCUT2D eigenvalue weighted by Crippen LogP contribution is -2.63. The lowest BCUT2D eigenvalue weighted by Gasteiger charge is -2.60. The van der Waals surface area contributed by atoms with Crippen LogP contribution in [0.3, 0.4) is 0 Å². The highest BCUT2D eigenvalue weighted by atomic mass is 16.8. The third-order valence-electron chi connectivity index (χ3n) is 15.2. The van der Waals surface area contributed by atoms with Gasteiger partial charge in [-0.05, 0) is 80.5 Å². The first-order valence-corrected chi connectivity index (χ1v) is 19.4. The van der Waals surface area contributed by atoms with E-state index in [9.17, 15) is 30.6 Å². The van der Waals surface area contributed by atoms with Crippen LogP contribution in [-0.2, 0) is 28.4 Å². The van der Waals surface area contributed by atoms with Crippen LogP contribution in [0.5, 0.6) is 0 Å². The van der Waals surface area contributed by atoms with Gasteiger partial charge in [-0.3, -0.25) is 0 Å². The summed E-state index contributed by atoms with van der Waals surface area (Å²) in [5.74, 6) is 2.08. The van der Waals surface area contributed by atoms with E-state index in [4.69, 9.17) is 28.4 Å². The first-order valence-electron chi connectivity index (χ1n) is 19.4. The third-order valence-corrected chi connectivity index (χ3v) is 15.2. The summed E-state index contributed by atoms with van der Waals surface area (Å²) in [4.78, 5) is 0. The summed E-state index contributed by atoms with van der Waals surface area (Å²) in [5, 5.41) is 64.1. The fourth-order valence-corrected chi connectivity index (χ4v) is 12.4. The summed E-state index contributed by atoms with van der Waals surface area (Å²) in [6.45, 7) is 11.5. The quantitative estimate of drug-likeness (QED) is 0.235. The minimum atomic E-state index is -1.60. The van der Waals surface area contributed by atoms with E-state index in [2.05, 4.69) is 33.8 Å². The van der Waals surface area contributed by atoms with Crippen molar-refractivity contribution in [1.29, 1.82) is 0 Å². The molecule has 8 aliphatic rings. The van der Waals surface area contributed by atoms with Gasteiger partial charge in [0.1, 0.15) is 36.6 Å². The fourth-order valence-electron chi connectivity index (χ4n) is 12.4. The zero-order valence-corrected chi connectivity index (χ0v) is 30.2. The summed E-state index contributed by atoms with van der Waals surface area (Å²) in [6.07, 6.45) is -3.26. The van der Waals surface area contributed by atoms with Crippen molar-refractivity contribution >= 4 is 0 Å². The van der Waals surface area contributed by atoms with Crippen molar-refractivity contribution in [3.63, 3.8) is 0 Å². The van der Waals surface area contributed by atoms with Gasteiger partial charge in [-0.1, -0.05) is 39.3 Å². The summed E-state index contributed by atoms with van der Waals surface area (Å²) < 4.78 is 38.0. The number of ether oxygens (including phenoxy) is 6. The highest BCUT2D eigenvalue weighted by molar-refractivity contribution is 5.28. The summed E-state index contributed by atoms with van der Waals surface area (Å²) in [6, 6.07) is 0. The van der Waals surface area contributed by atoms with Gasteiger partial charge in [-0.2, -0.15) is 0 Å². The molecule has 4 saturated heterocycles. The summed E-state index contributed by atoms with van der Waals surface area (Å²) in [7, 11) is 0. The molecule has 0 aromatic rings. The Balaban J connectivity index is 1.04. The predicted molar refractivity (Wildman–Crippen MR) is 177 cm³/mol. The highest BCUT2D eigenvalue weighted by Crippen LogP contribution is 2.71. The topological polar surface area (TPSA) is 177 Å². The van der Waals surface area contributed by atoms with Gasteiger partial charge in [-0.15, -0.1) is 0 Å². The van der Waals surface area contributed by atoms with Gasteiger partial charge < -0.3 is 59.1 Å². The molecule has 0 bridgehead atoms. The molecule has 0 aromatic carbocycles. The molecule has 0 aromatic heterocycles. The van der Waals surface area contributed by atoms with E-state index in [1.807, 2.05) is 0 Å². The first kappa shape index (κ1) is 36.2. The molecule has 0 radical (unpaired) electrons. The molecule has 12 heteroatoms. The Morgan fingerprint density at radius 3 is 2.34 bits per heavy atom. The molecule has 12 nitrogen and oxygen atoms in total. The number of hydrogen-bond donors (Lipinski definition) is 6. The van der Waals surface area contributed by atoms with Crippen LogP contribution in [0.2, 0.25) is 0 Å². The van der Waals surface area contributed by atoms with Crippen LogP contribution < -0.4 is 0 Å². The average molecular weight is 709 g/mol. The molecule has 6 N–H and O–H groups in total. The molecule has 0 amide bonds. The Bertz CT molecular complexity index is 1290. The molecule has 7 fully saturated rings. The van der Waals surface area contributed by atoms with E-state index in [1.54, 1.807) is 6.92 Å². The molecule has 21 atom stereocenters. The summed E-state index contributed by atoms with van der Waals surface area (Å²) in [5.41, 5.74) is 0.917. The van der Waals surface area contributed by atoms with E-state index < -0.39 is 78.7 Å². The number of rotatable bonds is 4. The fraction of sp³-hybridized carbons (Fsp3) is 0.947. The van der Waals surface area contributed by atoms with Crippen molar-refractivity contribution in [2.24, 2.45) is 46.3 Å². The third kappa shape index (κ3) is 5.45.